The molecule has 1 atom stereocenters. The number of rotatable bonds is 11. The van der Waals surface area contributed by atoms with E-state index in [2.05, 4.69) is 5.32 Å². The van der Waals surface area contributed by atoms with Crippen LogP contribution in [0.1, 0.15) is 26.3 Å². The molecule has 0 fully saturated rings. The van der Waals surface area contributed by atoms with Crippen LogP contribution in [0, 0.1) is 5.92 Å². The summed E-state index contributed by atoms with van der Waals surface area (Å²) in [4.78, 5) is 27.7. The molecule has 0 saturated heterocycles. The summed E-state index contributed by atoms with van der Waals surface area (Å²) in [5.41, 5.74) is 0.867. The first-order chi connectivity index (χ1) is 16.3. The van der Waals surface area contributed by atoms with Crippen LogP contribution in [0.5, 0.6) is 5.75 Å². The van der Waals surface area contributed by atoms with Crippen LogP contribution >= 0.6 is 23.2 Å². The lowest BCUT2D eigenvalue weighted by Crippen LogP contribution is -2.51. The number of nitrogens with one attached hydrogen (secondary N) is 1. The van der Waals surface area contributed by atoms with Gasteiger partial charge in [0.15, 0.2) is 0 Å². The number of nitrogens with zero attached hydrogens (tertiary/aromatic N) is 2. The number of carbonyl (C=O) groups is 2. The molecule has 2 amide bonds. The van der Waals surface area contributed by atoms with Gasteiger partial charge < -0.3 is 15.0 Å². The number of carbonyl (C=O) groups excluding carboxylic acids is 2. The number of anilines is 1. The number of hydrogen-bond acceptors (Lipinski definition) is 5. The summed E-state index contributed by atoms with van der Waals surface area (Å²) >= 11 is 12.2. The average Bonchev–Trinajstić information content (AvgIpc) is 2.79. The zero-order valence-corrected chi connectivity index (χ0v) is 22.7. The Bertz CT molecular complexity index is 1140. The van der Waals surface area contributed by atoms with Gasteiger partial charge in [0, 0.05) is 18.1 Å². The Morgan fingerprint density at radius 2 is 1.69 bits per heavy atom. The molecule has 35 heavy (non-hydrogen) atoms. The van der Waals surface area contributed by atoms with Gasteiger partial charge in [-0.2, -0.15) is 0 Å². The summed E-state index contributed by atoms with van der Waals surface area (Å²) in [6, 6.07) is 10.5. The topological polar surface area (TPSA) is 96.0 Å². The molecule has 8 nitrogen and oxygen atoms in total. The van der Waals surface area contributed by atoms with Gasteiger partial charge in [-0.05, 0) is 48.7 Å². The fraction of sp³-hybridized carbons (Fsp3) is 0.417. The van der Waals surface area contributed by atoms with Crippen molar-refractivity contribution in [2.75, 3.05) is 30.8 Å². The number of methoxy groups -OCH3 is 1. The zero-order valence-electron chi connectivity index (χ0n) is 20.4. The molecule has 1 N–H and O–H groups in total. The first-order valence-electron chi connectivity index (χ1n) is 11.0. The summed E-state index contributed by atoms with van der Waals surface area (Å²) in [5.74, 6) is -0.0277. The van der Waals surface area contributed by atoms with Crippen molar-refractivity contribution >= 4 is 50.7 Å². The second kappa shape index (κ2) is 12.5. The summed E-state index contributed by atoms with van der Waals surface area (Å²) < 4.78 is 31.3. The van der Waals surface area contributed by atoms with Gasteiger partial charge in [0.25, 0.3) is 0 Å². The minimum atomic E-state index is -3.89. The third kappa shape index (κ3) is 8.30. The molecule has 0 heterocycles. The van der Waals surface area contributed by atoms with Crippen LogP contribution in [0.25, 0.3) is 0 Å². The van der Waals surface area contributed by atoms with Crippen LogP contribution in [0.15, 0.2) is 42.5 Å². The lowest BCUT2D eigenvalue weighted by molar-refractivity contribution is -0.139. The number of benzene rings is 2. The second-order valence-electron chi connectivity index (χ2n) is 8.55. The maximum atomic E-state index is 13.5. The summed E-state index contributed by atoms with van der Waals surface area (Å²) in [6.07, 6.45) is 0.984. The molecule has 0 aliphatic carbocycles. The van der Waals surface area contributed by atoms with Crippen molar-refractivity contribution in [1.29, 1.82) is 0 Å². The Kier molecular flexibility index (Phi) is 10.2. The molecule has 0 aromatic heterocycles. The highest BCUT2D eigenvalue weighted by Crippen LogP contribution is 2.30. The van der Waals surface area contributed by atoms with Crippen LogP contribution < -0.4 is 14.4 Å². The Labute approximate surface area is 217 Å². The number of sulfonamides is 1. The van der Waals surface area contributed by atoms with E-state index < -0.39 is 28.5 Å². The molecule has 0 bridgehead atoms. The summed E-state index contributed by atoms with van der Waals surface area (Å²) in [5, 5.41) is 3.24. The largest absolute Gasteiger partial charge is 0.497 e. The normalized spacial score (nSPS) is 12.2. The maximum absolute atomic E-state index is 13.5. The smallest absolute Gasteiger partial charge is 0.244 e. The van der Waals surface area contributed by atoms with Gasteiger partial charge in [0.1, 0.15) is 18.3 Å². The minimum Gasteiger partial charge on any atom is -0.497 e. The van der Waals surface area contributed by atoms with Crippen LogP contribution in [0.4, 0.5) is 5.69 Å². The lowest BCUT2D eigenvalue weighted by Gasteiger charge is -2.32. The molecule has 0 aliphatic rings. The molecule has 1 unspecified atom stereocenters. The number of halogens is 2. The van der Waals surface area contributed by atoms with Gasteiger partial charge in [-0.1, -0.05) is 49.2 Å². The summed E-state index contributed by atoms with van der Waals surface area (Å²) in [7, 11) is -2.34. The molecule has 11 heteroatoms. The Balaban J connectivity index is 2.39. The third-order valence-electron chi connectivity index (χ3n) is 5.22. The maximum Gasteiger partial charge on any atom is 0.244 e. The van der Waals surface area contributed by atoms with E-state index in [9.17, 15) is 18.0 Å². The molecule has 0 spiro atoms. The van der Waals surface area contributed by atoms with Crippen LogP contribution in [-0.4, -0.2) is 57.6 Å². The fourth-order valence-electron chi connectivity index (χ4n) is 3.24. The van der Waals surface area contributed by atoms with E-state index in [0.29, 0.717) is 17.3 Å². The SMILES string of the molecule is COc1ccc(CN(C(=O)CN(c2ccc(Cl)cc2Cl)S(C)(=O)=O)C(C)C(=O)NCC(C)C)cc1. The van der Waals surface area contributed by atoms with Gasteiger partial charge in [-0.25, -0.2) is 8.42 Å². The van der Waals surface area contributed by atoms with E-state index in [1.54, 1.807) is 38.3 Å². The molecule has 2 aromatic carbocycles. The number of hydrogen-bond donors (Lipinski definition) is 1. The molecule has 0 aliphatic heterocycles. The van der Waals surface area contributed by atoms with Crippen molar-refractivity contribution < 1.29 is 22.7 Å². The highest BCUT2D eigenvalue weighted by molar-refractivity contribution is 7.92. The van der Waals surface area contributed by atoms with Crippen molar-refractivity contribution in [3.63, 3.8) is 0 Å². The fourth-order valence-corrected chi connectivity index (χ4v) is 4.66. The van der Waals surface area contributed by atoms with Crippen molar-refractivity contribution in [3.8, 4) is 5.75 Å². The van der Waals surface area contributed by atoms with E-state index in [1.807, 2.05) is 13.8 Å². The Morgan fingerprint density at radius 1 is 1.06 bits per heavy atom. The van der Waals surface area contributed by atoms with Crippen molar-refractivity contribution in [2.24, 2.45) is 5.92 Å². The second-order valence-corrected chi connectivity index (χ2v) is 11.3. The number of ether oxygens (including phenoxy) is 1. The molecule has 0 radical (unpaired) electrons. The van der Waals surface area contributed by atoms with E-state index in [-0.39, 0.29) is 29.1 Å². The van der Waals surface area contributed by atoms with Gasteiger partial charge in [-0.15, -0.1) is 0 Å². The molecule has 192 valence electrons. The van der Waals surface area contributed by atoms with Gasteiger partial charge in [0.2, 0.25) is 21.8 Å². The van der Waals surface area contributed by atoms with Gasteiger partial charge in [0.05, 0.1) is 24.1 Å². The van der Waals surface area contributed by atoms with E-state index in [1.165, 1.54) is 23.1 Å². The first-order valence-corrected chi connectivity index (χ1v) is 13.6. The third-order valence-corrected chi connectivity index (χ3v) is 6.89. The minimum absolute atomic E-state index is 0.0835. The quantitative estimate of drug-likeness (QED) is 0.462. The van der Waals surface area contributed by atoms with Crippen LogP contribution in [0.2, 0.25) is 10.0 Å². The van der Waals surface area contributed by atoms with E-state index >= 15 is 0 Å². The standard InChI is InChI=1S/C24H31Cl2N3O5S/c1-16(2)13-27-24(31)17(3)28(14-18-6-9-20(34-4)10-7-18)23(30)15-29(35(5,32)33)22-11-8-19(25)12-21(22)26/h6-12,16-17H,13-15H2,1-5H3,(H,27,31). The van der Waals surface area contributed by atoms with E-state index in [0.717, 1.165) is 16.1 Å². The summed E-state index contributed by atoms with van der Waals surface area (Å²) in [6.45, 7) is 5.53. The molecular weight excluding hydrogens is 513 g/mol. The van der Waals surface area contributed by atoms with E-state index in [4.69, 9.17) is 27.9 Å². The molecule has 2 rings (SSSR count). The first kappa shape index (κ1) is 28.7. The van der Waals surface area contributed by atoms with Gasteiger partial charge >= 0.3 is 0 Å². The zero-order chi connectivity index (χ0) is 26.3. The Hall–Kier alpha value is -2.49. The van der Waals surface area contributed by atoms with Crippen molar-refractivity contribution in [3.05, 3.63) is 58.1 Å². The van der Waals surface area contributed by atoms with Crippen molar-refractivity contribution in [1.82, 2.24) is 10.2 Å². The highest BCUT2D eigenvalue weighted by Gasteiger charge is 2.30. The van der Waals surface area contributed by atoms with Crippen LogP contribution in [-0.2, 0) is 26.2 Å². The molecular formula is C24H31Cl2N3O5S. The predicted octanol–water partition coefficient (Wildman–Crippen LogP) is 3.96. The lowest BCUT2D eigenvalue weighted by atomic mass is 10.1. The van der Waals surface area contributed by atoms with Gasteiger partial charge in [-0.3, -0.25) is 13.9 Å². The predicted molar refractivity (Wildman–Crippen MR) is 140 cm³/mol. The van der Waals surface area contributed by atoms with Crippen molar-refractivity contribution in [2.45, 2.75) is 33.4 Å². The average molecular weight is 545 g/mol. The number of amides is 2. The monoisotopic (exact) mass is 543 g/mol. The Morgan fingerprint density at radius 3 is 2.20 bits per heavy atom. The molecule has 0 saturated carbocycles. The van der Waals surface area contributed by atoms with Crippen LogP contribution in [0.3, 0.4) is 0 Å². The highest BCUT2D eigenvalue weighted by atomic mass is 35.5. The molecule has 2 aromatic rings.